The second kappa shape index (κ2) is 5.70. The van der Waals surface area contributed by atoms with Gasteiger partial charge in [-0.2, -0.15) is 0 Å². The number of hydrogen-bond donors (Lipinski definition) is 0. The quantitative estimate of drug-likeness (QED) is 0.429. The Morgan fingerprint density at radius 2 is 1.93 bits per heavy atom. The fraction of sp³-hybridized carbons (Fsp3) is 0.800. The summed E-state index contributed by atoms with van der Waals surface area (Å²) in [6, 6.07) is 0. The highest BCUT2D eigenvalue weighted by molar-refractivity contribution is 5.66. The first-order valence-electron chi connectivity index (χ1n) is 4.96. The van der Waals surface area contributed by atoms with Gasteiger partial charge in [-0.3, -0.25) is 4.79 Å². The van der Waals surface area contributed by atoms with Crippen LogP contribution < -0.4 is 5.11 Å². The molecule has 0 N–H and O–H groups in total. The SMILES string of the molecule is CCC(C[N+](C)(C)CC(=O)[O-])OC(C)=O. The van der Waals surface area contributed by atoms with Crippen molar-refractivity contribution in [1.29, 1.82) is 0 Å². The van der Waals surface area contributed by atoms with Crippen LogP contribution in [0.3, 0.4) is 0 Å². The van der Waals surface area contributed by atoms with Gasteiger partial charge in [-0.1, -0.05) is 6.92 Å². The van der Waals surface area contributed by atoms with E-state index < -0.39 is 5.97 Å². The molecule has 88 valence electrons. The number of aliphatic carboxylic acids is 1. The van der Waals surface area contributed by atoms with E-state index in [0.29, 0.717) is 13.0 Å². The van der Waals surface area contributed by atoms with Gasteiger partial charge in [0.05, 0.1) is 20.1 Å². The lowest BCUT2D eigenvalue weighted by atomic mass is 10.2. The van der Waals surface area contributed by atoms with Gasteiger partial charge in [-0.25, -0.2) is 0 Å². The Morgan fingerprint density at radius 1 is 1.40 bits per heavy atom. The molecule has 0 aliphatic rings. The summed E-state index contributed by atoms with van der Waals surface area (Å²) in [5.41, 5.74) is 0. The van der Waals surface area contributed by atoms with Crippen LogP contribution in [0.25, 0.3) is 0 Å². The van der Waals surface area contributed by atoms with E-state index in [1.807, 2.05) is 6.92 Å². The molecule has 0 rings (SSSR count). The number of likely N-dealkylation sites (N-methyl/N-ethyl adjacent to an activating group) is 1. The molecule has 0 aliphatic carbocycles. The van der Waals surface area contributed by atoms with Crippen molar-refractivity contribution in [1.82, 2.24) is 0 Å². The van der Waals surface area contributed by atoms with Crippen molar-refractivity contribution in [2.24, 2.45) is 0 Å². The number of carboxylic acid groups (broad SMARTS) is 1. The first kappa shape index (κ1) is 13.9. The van der Waals surface area contributed by atoms with Crippen LogP contribution in [0.15, 0.2) is 0 Å². The third-order valence-corrected chi connectivity index (χ3v) is 2.04. The van der Waals surface area contributed by atoms with Gasteiger partial charge in [-0.15, -0.1) is 0 Å². The number of nitrogens with zero attached hydrogens (tertiary/aromatic N) is 1. The predicted octanol–water partition coefficient (Wildman–Crippen LogP) is -0.846. The number of ether oxygens (including phenoxy) is 1. The predicted molar refractivity (Wildman–Crippen MR) is 52.7 cm³/mol. The minimum Gasteiger partial charge on any atom is -0.544 e. The second-order valence-corrected chi connectivity index (χ2v) is 4.29. The summed E-state index contributed by atoms with van der Waals surface area (Å²) in [5, 5.41) is 10.5. The Kier molecular flexibility index (Phi) is 5.28. The third-order valence-electron chi connectivity index (χ3n) is 2.04. The van der Waals surface area contributed by atoms with Crippen molar-refractivity contribution in [2.75, 3.05) is 27.2 Å². The molecule has 0 saturated heterocycles. The topological polar surface area (TPSA) is 66.4 Å². The maximum Gasteiger partial charge on any atom is 0.303 e. The van der Waals surface area contributed by atoms with Crippen LogP contribution in [0.2, 0.25) is 0 Å². The molecule has 1 unspecified atom stereocenters. The van der Waals surface area contributed by atoms with E-state index in [4.69, 9.17) is 4.74 Å². The van der Waals surface area contributed by atoms with Crippen LogP contribution in [0.5, 0.6) is 0 Å². The molecule has 0 aromatic carbocycles. The van der Waals surface area contributed by atoms with Crippen molar-refractivity contribution in [3.8, 4) is 0 Å². The van der Waals surface area contributed by atoms with Crippen molar-refractivity contribution in [3.05, 3.63) is 0 Å². The minimum atomic E-state index is -1.10. The monoisotopic (exact) mass is 217 g/mol. The summed E-state index contributed by atoms with van der Waals surface area (Å²) in [6.45, 7) is 3.63. The van der Waals surface area contributed by atoms with E-state index in [9.17, 15) is 14.7 Å². The molecule has 0 aliphatic heterocycles. The van der Waals surface area contributed by atoms with Gasteiger partial charge in [0.2, 0.25) is 0 Å². The molecule has 0 bridgehead atoms. The average Bonchev–Trinajstić information content (AvgIpc) is 1.98. The summed E-state index contributed by atoms with van der Waals surface area (Å²) < 4.78 is 5.29. The van der Waals surface area contributed by atoms with E-state index >= 15 is 0 Å². The lowest BCUT2D eigenvalue weighted by Gasteiger charge is -2.33. The van der Waals surface area contributed by atoms with Crippen LogP contribution in [0.1, 0.15) is 20.3 Å². The zero-order valence-electron chi connectivity index (χ0n) is 9.78. The second-order valence-electron chi connectivity index (χ2n) is 4.29. The maximum absolute atomic E-state index is 10.8. The van der Waals surface area contributed by atoms with Gasteiger partial charge in [0.25, 0.3) is 0 Å². The van der Waals surface area contributed by atoms with Crippen LogP contribution >= 0.6 is 0 Å². The molecule has 0 radical (unpaired) electrons. The normalized spacial score (nSPS) is 13.3. The minimum absolute atomic E-state index is 0.0856. The summed E-state index contributed by atoms with van der Waals surface area (Å²) in [7, 11) is 3.53. The van der Waals surface area contributed by atoms with E-state index in [2.05, 4.69) is 0 Å². The number of esters is 1. The first-order valence-corrected chi connectivity index (χ1v) is 4.96. The van der Waals surface area contributed by atoms with Gasteiger partial charge < -0.3 is 19.1 Å². The lowest BCUT2D eigenvalue weighted by Crippen LogP contribution is -2.52. The van der Waals surface area contributed by atoms with E-state index in [-0.39, 0.29) is 23.1 Å². The number of quaternary nitrogens is 1. The molecule has 15 heavy (non-hydrogen) atoms. The molecular weight excluding hydrogens is 198 g/mol. The highest BCUT2D eigenvalue weighted by Crippen LogP contribution is 2.06. The van der Waals surface area contributed by atoms with Crippen LogP contribution in [0.4, 0.5) is 0 Å². The van der Waals surface area contributed by atoms with Crippen molar-refractivity contribution < 1.29 is 23.9 Å². The van der Waals surface area contributed by atoms with Gasteiger partial charge in [0.15, 0.2) is 6.10 Å². The first-order chi connectivity index (χ1) is 6.76. The van der Waals surface area contributed by atoms with Gasteiger partial charge in [0.1, 0.15) is 13.1 Å². The van der Waals surface area contributed by atoms with Gasteiger partial charge in [-0.05, 0) is 6.42 Å². The van der Waals surface area contributed by atoms with Crippen LogP contribution in [0, 0.1) is 0 Å². The maximum atomic E-state index is 10.8. The van der Waals surface area contributed by atoms with Crippen molar-refractivity contribution >= 4 is 11.9 Å². The molecule has 0 saturated carbocycles. The Hall–Kier alpha value is -1.10. The molecule has 1 atom stereocenters. The fourth-order valence-electron chi connectivity index (χ4n) is 1.45. The molecular formula is C10H19NO4. The largest absolute Gasteiger partial charge is 0.544 e. The zero-order chi connectivity index (χ0) is 12.1. The summed E-state index contributed by atoms with van der Waals surface area (Å²) in [6.07, 6.45) is 0.436. The molecule has 5 nitrogen and oxygen atoms in total. The molecule has 0 spiro atoms. The van der Waals surface area contributed by atoms with Crippen LogP contribution in [-0.2, 0) is 14.3 Å². The highest BCUT2D eigenvalue weighted by atomic mass is 16.5. The van der Waals surface area contributed by atoms with Crippen LogP contribution in [-0.4, -0.2) is 49.7 Å². The summed E-state index contributed by atoms with van der Waals surface area (Å²) in [4.78, 5) is 21.2. The van der Waals surface area contributed by atoms with Gasteiger partial charge in [0, 0.05) is 6.92 Å². The highest BCUT2D eigenvalue weighted by Gasteiger charge is 2.23. The van der Waals surface area contributed by atoms with E-state index in [0.717, 1.165) is 0 Å². The lowest BCUT2D eigenvalue weighted by molar-refractivity contribution is -0.887. The Morgan fingerprint density at radius 3 is 2.27 bits per heavy atom. The number of carboxylic acids is 1. The molecule has 0 heterocycles. The molecule has 0 fully saturated rings. The standard InChI is InChI=1S/C10H19NO4/c1-5-9(15-8(2)12)6-11(3,4)7-10(13)14/h9H,5-7H2,1-4H3. The fourth-order valence-corrected chi connectivity index (χ4v) is 1.45. The third kappa shape index (κ3) is 6.90. The zero-order valence-corrected chi connectivity index (χ0v) is 9.78. The van der Waals surface area contributed by atoms with Gasteiger partial charge >= 0.3 is 5.97 Å². The Labute approximate surface area is 90.2 Å². The van der Waals surface area contributed by atoms with Crippen molar-refractivity contribution in [2.45, 2.75) is 26.4 Å². The average molecular weight is 217 g/mol. The molecule has 5 heteroatoms. The molecule has 0 aromatic heterocycles. The smallest absolute Gasteiger partial charge is 0.303 e. The summed E-state index contributed by atoms with van der Waals surface area (Å²) in [5.74, 6) is -1.44. The van der Waals surface area contributed by atoms with E-state index in [1.54, 1.807) is 14.1 Å². The number of carbonyl (C=O) groups excluding carboxylic acids is 2. The number of rotatable bonds is 6. The number of carbonyl (C=O) groups is 2. The van der Waals surface area contributed by atoms with Crippen molar-refractivity contribution in [3.63, 3.8) is 0 Å². The number of hydrogen-bond acceptors (Lipinski definition) is 4. The molecule has 0 aromatic rings. The summed E-state index contributed by atoms with van der Waals surface area (Å²) >= 11 is 0. The Bertz CT molecular complexity index is 238. The van der Waals surface area contributed by atoms with E-state index in [1.165, 1.54) is 6.92 Å². The Balaban J connectivity index is 4.25. The molecule has 0 amide bonds.